The number of aromatic nitrogens is 1. The van der Waals surface area contributed by atoms with Crippen LogP contribution >= 0.6 is 12.6 Å². The van der Waals surface area contributed by atoms with Crippen molar-refractivity contribution in [3.63, 3.8) is 0 Å². The number of hydrogen-bond donors (Lipinski definition) is 2. The highest BCUT2D eigenvalue weighted by atomic mass is 32.1. The van der Waals surface area contributed by atoms with Gasteiger partial charge in [0.1, 0.15) is 5.75 Å². The highest BCUT2D eigenvalue weighted by Crippen LogP contribution is 2.31. The van der Waals surface area contributed by atoms with Gasteiger partial charge in [-0.3, -0.25) is 0 Å². The largest absolute Gasteiger partial charge is 0.497 e. The van der Waals surface area contributed by atoms with Crippen molar-refractivity contribution in [2.45, 2.75) is 4.90 Å². The van der Waals surface area contributed by atoms with Gasteiger partial charge in [-0.05, 0) is 29.8 Å². The van der Waals surface area contributed by atoms with Gasteiger partial charge in [0.05, 0.1) is 18.7 Å². The molecule has 4 heteroatoms. The first-order valence-corrected chi connectivity index (χ1v) is 6.56. The van der Waals surface area contributed by atoms with Gasteiger partial charge in [0.15, 0.2) is 0 Å². The molecular formula is C16H12N2OS. The number of fused-ring (bicyclic) bond motifs is 1. The van der Waals surface area contributed by atoms with E-state index in [1.165, 1.54) is 0 Å². The molecule has 0 radical (unpaired) electrons. The second-order valence-electron chi connectivity index (χ2n) is 4.46. The van der Waals surface area contributed by atoms with Gasteiger partial charge in [0, 0.05) is 27.6 Å². The van der Waals surface area contributed by atoms with Gasteiger partial charge in [0.25, 0.3) is 0 Å². The summed E-state index contributed by atoms with van der Waals surface area (Å²) in [7, 11) is 1.63. The minimum Gasteiger partial charge on any atom is -0.497 e. The normalized spacial score (nSPS) is 10.4. The van der Waals surface area contributed by atoms with Crippen molar-refractivity contribution in [2.75, 3.05) is 7.11 Å². The van der Waals surface area contributed by atoms with Crippen LogP contribution in [-0.2, 0) is 0 Å². The van der Waals surface area contributed by atoms with Gasteiger partial charge in [-0.2, -0.15) is 5.26 Å². The lowest BCUT2D eigenvalue weighted by Crippen LogP contribution is -1.87. The first-order valence-electron chi connectivity index (χ1n) is 6.11. The zero-order valence-electron chi connectivity index (χ0n) is 10.8. The second-order valence-corrected chi connectivity index (χ2v) is 4.94. The SMILES string of the molecule is COc1ccc(-c2cc3c(S)c[nH]c3cc2C#N)cc1. The van der Waals surface area contributed by atoms with Crippen molar-refractivity contribution < 1.29 is 4.74 Å². The Bertz CT molecular complexity index is 813. The van der Waals surface area contributed by atoms with Gasteiger partial charge in [0.2, 0.25) is 0 Å². The minimum atomic E-state index is 0.637. The number of nitrogens with one attached hydrogen (secondary N) is 1. The average molecular weight is 280 g/mol. The van der Waals surface area contributed by atoms with E-state index in [0.717, 1.165) is 32.7 Å². The molecule has 0 aliphatic heterocycles. The molecule has 0 aliphatic carbocycles. The fourth-order valence-electron chi connectivity index (χ4n) is 2.26. The third-order valence-electron chi connectivity index (χ3n) is 3.32. The Kier molecular flexibility index (Phi) is 3.13. The van der Waals surface area contributed by atoms with Gasteiger partial charge in [-0.25, -0.2) is 0 Å². The Balaban J connectivity index is 2.22. The standard InChI is InChI=1S/C16H12N2OS/c1-19-12-4-2-10(3-5-12)13-7-14-15(6-11(13)8-17)18-9-16(14)20/h2-7,9,18,20H,1H3. The average Bonchev–Trinajstić information content (AvgIpc) is 2.87. The maximum atomic E-state index is 9.34. The number of ether oxygens (including phenoxy) is 1. The van der Waals surface area contributed by atoms with Crippen molar-refractivity contribution in [3.8, 4) is 22.9 Å². The zero-order valence-corrected chi connectivity index (χ0v) is 11.7. The van der Waals surface area contributed by atoms with Gasteiger partial charge in [-0.15, -0.1) is 12.6 Å². The third-order valence-corrected chi connectivity index (χ3v) is 3.69. The van der Waals surface area contributed by atoms with E-state index >= 15 is 0 Å². The molecule has 0 fully saturated rings. The van der Waals surface area contributed by atoms with Crippen LogP contribution in [0, 0.1) is 11.3 Å². The van der Waals surface area contributed by atoms with Crippen LogP contribution in [0.25, 0.3) is 22.0 Å². The molecule has 3 aromatic rings. The van der Waals surface area contributed by atoms with Crippen molar-refractivity contribution in [1.29, 1.82) is 5.26 Å². The summed E-state index contributed by atoms with van der Waals surface area (Å²) in [4.78, 5) is 3.99. The Hall–Kier alpha value is -2.38. The molecular weight excluding hydrogens is 268 g/mol. The van der Waals surface area contributed by atoms with Crippen LogP contribution in [0.1, 0.15) is 5.56 Å². The monoisotopic (exact) mass is 280 g/mol. The molecule has 0 amide bonds. The van der Waals surface area contributed by atoms with E-state index in [1.807, 2.05) is 42.6 Å². The van der Waals surface area contributed by atoms with Crippen molar-refractivity contribution in [2.24, 2.45) is 0 Å². The minimum absolute atomic E-state index is 0.637. The van der Waals surface area contributed by atoms with E-state index < -0.39 is 0 Å². The summed E-state index contributed by atoms with van der Waals surface area (Å²) in [5.74, 6) is 0.796. The molecule has 1 aromatic heterocycles. The molecule has 0 unspecified atom stereocenters. The van der Waals surface area contributed by atoms with Crippen LogP contribution < -0.4 is 4.74 Å². The number of nitrogens with zero attached hydrogens (tertiary/aromatic N) is 1. The maximum Gasteiger partial charge on any atom is 0.118 e. The van der Waals surface area contributed by atoms with Crippen LogP contribution in [0.3, 0.4) is 0 Å². The number of methoxy groups -OCH3 is 1. The van der Waals surface area contributed by atoms with E-state index in [0.29, 0.717) is 5.56 Å². The number of aromatic amines is 1. The number of nitriles is 1. The summed E-state index contributed by atoms with van der Waals surface area (Å²) in [5, 5.41) is 10.4. The molecule has 0 spiro atoms. The van der Waals surface area contributed by atoms with Gasteiger partial charge in [-0.1, -0.05) is 12.1 Å². The van der Waals surface area contributed by atoms with Crippen molar-refractivity contribution >= 4 is 23.5 Å². The molecule has 1 heterocycles. The highest BCUT2D eigenvalue weighted by Gasteiger charge is 2.10. The van der Waals surface area contributed by atoms with Gasteiger partial charge >= 0.3 is 0 Å². The van der Waals surface area contributed by atoms with Crippen molar-refractivity contribution in [3.05, 3.63) is 48.2 Å². The van der Waals surface area contributed by atoms with E-state index in [9.17, 15) is 5.26 Å². The Morgan fingerprint density at radius 3 is 2.60 bits per heavy atom. The molecule has 0 saturated carbocycles. The number of rotatable bonds is 2. The molecule has 20 heavy (non-hydrogen) atoms. The van der Waals surface area contributed by atoms with E-state index in [2.05, 4.69) is 23.7 Å². The summed E-state index contributed by atoms with van der Waals surface area (Å²) < 4.78 is 5.16. The molecule has 0 bridgehead atoms. The summed E-state index contributed by atoms with van der Waals surface area (Å²) in [6.45, 7) is 0. The molecule has 3 nitrogen and oxygen atoms in total. The van der Waals surface area contributed by atoms with Crippen LogP contribution in [-0.4, -0.2) is 12.1 Å². The molecule has 98 valence electrons. The first kappa shape index (κ1) is 12.6. The lowest BCUT2D eigenvalue weighted by atomic mass is 9.98. The fraction of sp³-hybridized carbons (Fsp3) is 0.0625. The van der Waals surface area contributed by atoms with Crippen LogP contribution in [0.5, 0.6) is 5.75 Å². The molecule has 0 atom stereocenters. The molecule has 3 rings (SSSR count). The van der Waals surface area contributed by atoms with Crippen molar-refractivity contribution in [1.82, 2.24) is 4.98 Å². The lowest BCUT2D eigenvalue weighted by molar-refractivity contribution is 0.415. The number of hydrogen-bond acceptors (Lipinski definition) is 3. The summed E-state index contributed by atoms with van der Waals surface area (Å²) in [6.07, 6.45) is 1.83. The number of thiol groups is 1. The Morgan fingerprint density at radius 2 is 1.95 bits per heavy atom. The summed E-state index contributed by atoms with van der Waals surface area (Å²) in [6, 6.07) is 13.8. The van der Waals surface area contributed by atoms with E-state index in [1.54, 1.807) is 7.11 Å². The van der Waals surface area contributed by atoms with Crippen LogP contribution in [0.15, 0.2) is 47.5 Å². The Morgan fingerprint density at radius 1 is 1.20 bits per heavy atom. The summed E-state index contributed by atoms with van der Waals surface area (Å²) in [5.41, 5.74) is 3.44. The summed E-state index contributed by atoms with van der Waals surface area (Å²) >= 11 is 4.42. The maximum absolute atomic E-state index is 9.34. The number of H-pyrrole nitrogens is 1. The fourth-order valence-corrected chi connectivity index (χ4v) is 2.51. The molecule has 1 N–H and O–H groups in total. The van der Waals surface area contributed by atoms with Crippen LogP contribution in [0.4, 0.5) is 0 Å². The predicted molar refractivity (Wildman–Crippen MR) is 82.3 cm³/mol. The smallest absolute Gasteiger partial charge is 0.118 e. The van der Waals surface area contributed by atoms with Crippen LogP contribution in [0.2, 0.25) is 0 Å². The third kappa shape index (κ3) is 2.02. The quantitative estimate of drug-likeness (QED) is 0.697. The second kappa shape index (κ2) is 4.95. The van der Waals surface area contributed by atoms with Gasteiger partial charge < -0.3 is 9.72 Å². The topological polar surface area (TPSA) is 48.8 Å². The number of benzene rings is 2. The van der Waals surface area contributed by atoms with E-state index in [4.69, 9.17) is 4.74 Å². The predicted octanol–water partition coefficient (Wildman–Crippen LogP) is 4.00. The zero-order chi connectivity index (χ0) is 14.1. The molecule has 0 aliphatic rings. The molecule has 0 saturated heterocycles. The highest BCUT2D eigenvalue weighted by molar-refractivity contribution is 7.80. The first-order chi connectivity index (χ1) is 9.72. The van der Waals surface area contributed by atoms with E-state index in [-0.39, 0.29) is 0 Å². The Labute approximate surface area is 122 Å². The lowest BCUT2D eigenvalue weighted by Gasteiger charge is -2.07. The molecule has 2 aromatic carbocycles.